The van der Waals surface area contributed by atoms with E-state index in [1.54, 1.807) is 6.92 Å². The maximum Gasteiger partial charge on any atom is 0.243 e. The first-order valence-electron chi connectivity index (χ1n) is 4.60. The molecule has 0 amide bonds. The summed E-state index contributed by atoms with van der Waals surface area (Å²) in [7, 11) is -4.02. The zero-order valence-corrected chi connectivity index (χ0v) is 9.44. The summed E-state index contributed by atoms with van der Waals surface area (Å²) in [6.07, 6.45) is 0. The SMILES string of the molecule is CCNS(=O)(=O)c1cc(CN)cc(F)c1F. The molecule has 3 N–H and O–H groups in total. The smallest absolute Gasteiger partial charge is 0.243 e. The van der Waals surface area contributed by atoms with Gasteiger partial charge in [-0.05, 0) is 17.7 Å². The van der Waals surface area contributed by atoms with Crippen molar-refractivity contribution < 1.29 is 17.2 Å². The van der Waals surface area contributed by atoms with Crippen molar-refractivity contribution in [3.63, 3.8) is 0 Å². The van der Waals surface area contributed by atoms with Gasteiger partial charge in [0, 0.05) is 13.1 Å². The topological polar surface area (TPSA) is 72.2 Å². The first kappa shape index (κ1) is 13.0. The third kappa shape index (κ3) is 2.55. The van der Waals surface area contributed by atoms with Crippen molar-refractivity contribution in [2.24, 2.45) is 5.73 Å². The first-order valence-corrected chi connectivity index (χ1v) is 6.08. The van der Waals surface area contributed by atoms with Crippen LogP contribution < -0.4 is 10.5 Å². The summed E-state index contributed by atoms with van der Waals surface area (Å²) in [5.74, 6) is -2.61. The van der Waals surface area contributed by atoms with Gasteiger partial charge >= 0.3 is 0 Å². The van der Waals surface area contributed by atoms with E-state index in [9.17, 15) is 17.2 Å². The monoisotopic (exact) mass is 250 g/mol. The lowest BCUT2D eigenvalue weighted by molar-refractivity contribution is 0.481. The molecule has 7 heteroatoms. The fourth-order valence-corrected chi connectivity index (χ4v) is 2.37. The van der Waals surface area contributed by atoms with Crippen LogP contribution in [0.4, 0.5) is 8.78 Å². The Morgan fingerprint density at radius 2 is 2.00 bits per heavy atom. The summed E-state index contributed by atoms with van der Waals surface area (Å²) in [5.41, 5.74) is 5.47. The third-order valence-corrected chi connectivity index (χ3v) is 3.46. The fourth-order valence-electron chi connectivity index (χ4n) is 1.20. The maximum absolute atomic E-state index is 13.3. The van der Waals surface area contributed by atoms with Crippen molar-refractivity contribution in [3.8, 4) is 0 Å². The van der Waals surface area contributed by atoms with Crippen LogP contribution in [0.3, 0.4) is 0 Å². The molecule has 0 bridgehead atoms. The number of hydrogen-bond donors (Lipinski definition) is 2. The number of rotatable bonds is 4. The van der Waals surface area contributed by atoms with Crippen LogP contribution in [0.15, 0.2) is 17.0 Å². The first-order chi connectivity index (χ1) is 7.42. The van der Waals surface area contributed by atoms with E-state index in [0.29, 0.717) is 0 Å². The molecule has 0 aliphatic carbocycles. The van der Waals surface area contributed by atoms with Crippen LogP contribution in [0.5, 0.6) is 0 Å². The van der Waals surface area contributed by atoms with Crippen molar-refractivity contribution in [1.82, 2.24) is 4.72 Å². The highest BCUT2D eigenvalue weighted by molar-refractivity contribution is 7.89. The summed E-state index contributed by atoms with van der Waals surface area (Å²) < 4.78 is 51.5. The van der Waals surface area contributed by atoms with E-state index in [0.717, 1.165) is 12.1 Å². The third-order valence-electron chi connectivity index (χ3n) is 1.91. The molecule has 0 heterocycles. The molecule has 0 atom stereocenters. The van der Waals surface area contributed by atoms with Crippen LogP contribution in [-0.2, 0) is 16.6 Å². The summed E-state index contributed by atoms with van der Waals surface area (Å²) in [6.45, 7) is 1.57. The predicted octanol–water partition coefficient (Wildman–Crippen LogP) is 0.722. The molecule has 0 radical (unpaired) electrons. The fraction of sp³-hybridized carbons (Fsp3) is 0.333. The van der Waals surface area contributed by atoms with Gasteiger partial charge in [-0.15, -0.1) is 0 Å². The normalized spacial score (nSPS) is 11.8. The summed E-state index contributed by atoms with van der Waals surface area (Å²) in [5, 5.41) is 0. The average molecular weight is 250 g/mol. The van der Waals surface area contributed by atoms with E-state index < -0.39 is 26.6 Å². The van der Waals surface area contributed by atoms with E-state index >= 15 is 0 Å². The Morgan fingerprint density at radius 3 is 2.50 bits per heavy atom. The summed E-state index contributed by atoms with van der Waals surface area (Å²) >= 11 is 0. The molecule has 0 aromatic heterocycles. The van der Waals surface area contributed by atoms with E-state index in [1.165, 1.54) is 0 Å². The summed E-state index contributed by atoms with van der Waals surface area (Å²) in [4.78, 5) is -0.713. The number of sulfonamides is 1. The molecule has 90 valence electrons. The average Bonchev–Trinajstić information content (AvgIpc) is 2.21. The van der Waals surface area contributed by atoms with Crippen LogP contribution in [0.25, 0.3) is 0 Å². The standard InChI is InChI=1S/C9H12F2N2O2S/c1-2-13-16(14,15)8-4-6(5-12)3-7(10)9(8)11/h3-4,13H,2,5,12H2,1H3. The Balaban J connectivity index is 3.38. The second-order valence-corrected chi connectivity index (χ2v) is 4.83. The molecule has 1 aromatic carbocycles. The molecule has 0 saturated carbocycles. The van der Waals surface area contributed by atoms with Gasteiger partial charge in [0.1, 0.15) is 4.90 Å². The Kier molecular flexibility index (Phi) is 3.95. The zero-order chi connectivity index (χ0) is 12.3. The molecule has 0 unspecified atom stereocenters. The largest absolute Gasteiger partial charge is 0.326 e. The molecule has 16 heavy (non-hydrogen) atoms. The van der Waals surface area contributed by atoms with E-state index in [2.05, 4.69) is 4.72 Å². The second-order valence-electron chi connectivity index (χ2n) is 3.10. The van der Waals surface area contributed by atoms with Gasteiger partial charge in [0.05, 0.1) is 0 Å². The highest BCUT2D eigenvalue weighted by atomic mass is 32.2. The Bertz CT molecular complexity index is 489. The molecule has 0 spiro atoms. The molecule has 0 fully saturated rings. The number of benzene rings is 1. The van der Waals surface area contributed by atoms with Crippen LogP contribution in [-0.4, -0.2) is 15.0 Å². The molecule has 0 saturated heterocycles. The molecular formula is C9H12F2N2O2S. The Morgan fingerprint density at radius 1 is 1.38 bits per heavy atom. The van der Waals surface area contributed by atoms with Crippen LogP contribution in [0.1, 0.15) is 12.5 Å². The van der Waals surface area contributed by atoms with Crippen molar-refractivity contribution in [1.29, 1.82) is 0 Å². The quantitative estimate of drug-likeness (QED) is 0.827. The van der Waals surface area contributed by atoms with E-state index in [-0.39, 0.29) is 18.7 Å². The lowest BCUT2D eigenvalue weighted by Crippen LogP contribution is -2.24. The van der Waals surface area contributed by atoms with Crippen molar-refractivity contribution in [2.75, 3.05) is 6.54 Å². The van der Waals surface area contributed by atoms with Gasteiger partial charge in [-0.1, -0.05) is 6.92 Å². The van der Waals surface area contributed by atoms with Gasteiger partial charge in [-0.3, -0.25) is 0 Å². The van der Waals surface area contributed by atoms with Crippen LogP contribution in [0.2, 0.25) is 0 Å². The highest BCUT2D eigenvalue weighted by Gasteiger charge is 2.21. The van der Waals surface area contributed by atoms with Gasteiger partial charge in [-0.25, -0.2) is 21.9 Å². The molecule has 1 aromatic rings. The molecule has 0 aliphatic heterocycles. The minimum Gasteiger partial charge on any atom is -0.326 e. The van der Waals surface area contributed by atoms with Gasteiger partial charge < -0.3 is 5.73 Å². The Labute approximate surface area is 92.5 Å². The van der Waals surface area contributed by atoms with Crippen molar-refractivity contribution >= 4 is 10.0 Å². The van der Waals surface area contributed by atoms with Gasteiger partial charge in [0.15, 0.2) is 11.6 Å². The molecule has 1 rings (SSSR count). The molecular weight excluding hydrogens is 238 g/mol. The zero-order valence-electron chi connectivity index (χ0n) is 8.63. The lowest BCUT2D eigenvalue weighted by atomic mass is 10.2. The molecule has 0 aliphatic rings. The van der Waals surface area contributed by atoms with Crippen molar-refractivity contribution in [3.05, 3.63) is 29.3 Å². The minimum absolute atomic E-state index is 0.0636. The van der Waals surface area contributed by atoms with Crippen LogP contribution >= 0.6 is 0 Å². The minimum atomic E-state index is -4.02. The number of nitrogens with one attached hydrogen (secondary N) is 1. The predicted molar refractivity (Wildman–Crippen MR) is 55.1 cm³/mol. The van der Waals surface area contributed by atoms with Gasteiger partial charge in [-0.2, -0.15) is 0 Å². The molecule has 4 nitrogen and oxygen atoms in total. The van der Waals surface area contributed by atoms with Gasteiger partial charge in [0.25, 0.3) is 0 Å². The maximum atomic E-state index is 13.3. The van der Waals surface area contributed by atoms with Crippen LogP contribution in [0, 0.1) is 11.6 Å². The number of halogens is 2. The second kappa shape index (κ2) is 4.86. The lowest BCUT2D eigenvalue weighted by Gasteiger charge is -2.08. The van der Waals surface area contributed by atoms with Gasteiger partial charge in [0.2, 0.25) is 10.0 Å². The number of nitrogens with two attached hydrogens (primary N) is 1. The van der Waals surface area contributed by atoms with Crippen molar-refractivity contribution in [2.45, 2.75) is 18.4 Å². The summed E-state index contributed by atoms with van der Waals surface area (Å²) in [6, 6.07) is 1.90. The van der Waals surface area contributed by atoms with E-state index in [1.807, 2.05) is 0 Å². The van der Waals surface area contributed by atoms with E-state index in [4.69, 9.17) is 5.73 Å². The highest BCUT2D eigenvalue weighted by Crippen LogP contribution is 2.19. The Hall–Kier alpha value is -1.05. The number of hydrogen-bond acceptors (Lipinski definition) is 3.